The van der Waals surface area contributed by atoms with Crippen molar-refractivity contribution in [2.75, 3.05) is 0 Å². The van der Waals surface area contributed by atoms with Crippen molar-refractivity contribution in [3.63, 3.8) is 0 Å². The predicted molar refractivity (Wildman–Crippen MR) is 78.3 cm³/mol. The van der Waals surface area contributed by atoms with Gasteiger partial charge in [0.2, 0.25) is 0 Å². The Labute approximate surface area is 110 Å². The van der Waals surface area contributed by atoms with Gasteiger partial charge < -0.3 is 0 Å². The molecule has 0 spiro atoms. The van der Waals surface area contributed by atoms with E-state index in [1.165, 1.54) is 57.8 Å². The number of unbranched alkanes of at least 4 members (excludes halogenated alkanes) is 2. The van der Waals surface area contributed by atoms with Gasteiger partial charge in [0.15, 0.2) is 0 Å². The summed E-state index contributed by atoms with van der Waals surface area (Å²) in [5, 5.41) is 0. The first kappa shape index (κ1) is 15.1. The maximum absolute atomic E-state index is 2.60. The average Bonchev–Trinajstić information content (AvgIpc) is 2.28. The lowest BCUT2D eigenvalue weighted by molar-refractivity contribution is -0.0392. The van der Waals surface area contributed by atoms with Crippen LogP contribution in [-0.4, -0.2) is 0 Å². The van der Waals surface area contributed by atoms with Gasteiger partial charge in [0.25, 0.3) is 0 Å². The van der Waals surface area contributed by atoms with Crippen LogP contribution in [0, 0.1) is 16.7 Å². The molecular formula is C17H34. The second kappa shape index (κ2) is 6.25. The summed E-state index contributed by atoms with van der Waals surface area (Å²) in [4.78, 5) is 0. The van der Waals surface area contributed by atoms with Crippen molar-refractivity contribution in [1.82, 2.24) is 0 Å². The molecule has 0 N–H and O–H groups in total. The molecule has 102 valence electrons. The third kappa shape index (κ3) is 3.26. The minimum absolute atomic E-state index is 0.554. The second-order valence-electron chi connectivity index (χ2n) is 7.14. The van der Waals surface area contributed by atoms with Gasteiger partial charge in [-0.05, 0) is 42.4 Å². The Morgan fingerprint density at radius 1 is 1.00 bits per heavy atom. The highest BCUT2D eigenvalue weighted by Crippen LogP contribution is 2.57. The third-order valence-electron chi connectivity index (χ3n) is 5.76. The van der Waals surface area contributed by atoms with Crippen molar-refractivity contribution < 1.29 is 0 Å². The SMILES string of the molecule is CCCCC1CCCC(C)(C)C1(C)CCCC. The van der Waals surface area contributed by atoms with Gasteiger partial charge in [-0.15, -0.1) is 0 Å². The van der Waals surface area contributed by atoms with Crippen molar-refractivity contribution >= 4 is 0 Å². The van der Waals surface area contributed by atoms with Gasteiger partial charge in [0.1, 0.15) is 0 Å². The standard InChI is InChI=1S/C17H34/c1-6-8-11-15-12-10-13-16(3,4)17(15,5)14-9-7-2/h15H,6-14H2,1-5H3. The van der Waals surface area contributed by atoms with Crippen molar-refractivity contribution in [3.8, 4) is 0 Å². The Balaban J connectivity index is 2.77. The van der Waals surface area contributed by atoms with Crippen LogP contribution < -0.4 is 0 Å². The lowest BCUT2D eigenvalue weighted by Crippen LogP contribution is -2.44. The van der Waals surface area contributed by atoms with Gasteiger partial charge >= 0.3 is 0 Å². The molecule has 0 radical (unpaired) electrons. The molecule has 0 bridgehead atoms. The van der Waals surface area contributed by atoms with E-state index >= 15 is 0 Å². The molecule has 0 aromatic rings. The zero-order chi connectivity index (χ0) is 12.9. The molecule has 0 aromatic carbocycles. The van der Waals surface area contributed by atoms with Crippen LogP contribution in [0.5, 0.6) is 0 Å². The second-order valence-corrected chi connectivity index (χ2v) is 7.14. The lowest BCUT2D eigenvalue weighted by atomic mass is 9.51. The highest BCUT2D eigenvalue weighted by molar-refractivity contribution is 4.97. The van der Waals surface area contributed by atoms with Crippen LogP contribution >= 0.6 is 0 Å². The van der Waals surface area contributed by atoms with Crippen molar-refractivity contribution in [3.05, 3.63) is 0 Å². The summed E-state index contributed by atoms with van der Waals surface area (Å²) < 4.78 is 0. The fraction of sp³-hybridized carbons (Fsp3) is 1.00. The van der Waals surface area contributed by atoms with Crippen molar-refractivity contribution in [2.45, 2.75) is 92.4 Å². The molecule has 0 heteroatoms. The Kier molecular flexibility index (Phi) is 5.54. The fourth-order valence-electron chi connectivity index (χ4n) is 3.95. The maximum Gasteiger partial charge on any atom is -0.0246 e. The summed E-state index contributed by atoms with van der Waals surface area (Å²) >= 11 is 0. The topological polar surface area (TPSA) is 0 Å². The van der Waals surface area contributed by atoms with Gasteiger partial charge in [-0.2, -0.15) is 0 Å². The average molecular weight is 238 g/mol. The summed E-state index contributed by atoms with van der Waals surface area (Å²) in [5.41, 5.74) is 1.15. The monoisotopic (exact) mass is 238 g/mol. The highest BCUT2D eigenvalue weighted by atomic mass is 14.5. The van der Waals surface area contributed by atoms with Crippen molar-refractivity contribution in [1.29, 1.82) is 0 Å². The molecule has 1 aliphatic carbocycles. The molecule has 1 rings (SSSR count). The van der Waals surface area contributed by atoms with E-state index in [2.05, 4.69) is 34.6 Å². The van der Waals surface area contributed by atoms with Crippen LogP contribution in [-0.2, 0) is 0 Å². The summed E-state index contributed by atoms with van der Waals surface area (Å²) in [6.45, 7) is 12.3. The van der Waals surface area contributed by atoms with E-state index in [0.717, 1.165) is 5.92 Å². The van der Waals surface area contributed by atoms with Crippen LogP contribution in [0.1, 0.15) is 92.4 Å². The first-order valence-corrected chi connectivity index (χ1v) is 7.98. The quantitative estimate of drug-likeness (QED) is 0.517. The molecule has 1 saturated carbocycles. The van der Waals surface area contributed by atoms with E-state index in [4.69, 9.17) is 0 Å². The number of hydrogen-bond donors (Lipinski definition) is 0. The van der Waals surface area contributed by atoms with E-state index in [0.29, 0.717) is 10.8 Å². The lowest BCUT2D eigenvalue weighted by Gasteiger charge is -2.54. The Bertz CT molecular complexity index is 216. The highest BCUT2D eigenvalue weighted by Gasteiger charge is 2.47. The Morgan fingerprint density at radius 2 is 1.65 bits per heavy atom. The summed E-state index contributed by atoms with van der Waals surface area (Å²) in [7, 11) is 0. The summed E-state index contributed by atoms with van der Waals surface area (Å²) in [5.74, 6) is 0.984. The van der Waals surface area contributed by atoms with Crippen LogP contribution in [0.4, 0.5) is 0 Å². The molecule has 2 atom stereocenters. The number of rotatable bonds is 6. The molecule has 0 saturated heterocycles. The molecular weight excluding hydrogens is 204 g/mol. The Hall–Kier alpha value is 0. The summed E-state index contributed by atoms with van der Waals surface area (Å²) in [6.07, 6.45) is 12.9. The van der Waals surface area contributed by atoms with E-state index in [1.807, 2.05) is 0 Å². The van der Waals surface area contributed by atoms with Gasteiger partial charge in [-0.25, -0.2) is 0 Å². The first-order chi connectivity index (χ1) is 7.98. The molecule has 0 nitrogen and oxygen atoms in total. The molecule has 0 aliphatic heterocycles. The summed E-state index contributed by atoms with van der Waals surface area (Å²) in [6, 6.07) is 0. The van der Waals surface area contributed by atoms with E-state index in [1.54, 1.807) is 0 Å². The zero-order valence-corrected chi connectivity index (χ0v) is 12.9. The van der Waals surface area contributed by atoms with E-state index in [9.17, 15) is 0 Å². The minimum Gasteiger partial charge on any atom is -0.0654 e. The van der Waals surface area contributed by atoms with Gasteiger partial charge in [0.05, 0.1) is 0 Å². The maximum atomic E-state index is 2.60. The van der Waals surface area contributed by atoms with Gasteiger partial charge in [-0.3, -0.25) is 0 Å². The zero-order valence-electron chi connectivity index (χ0n) is 12.9. The normalized spacial score (nSPS) is 32.6. The fourth-order valence-corrected chi connectivity index (χ4v) is 3.95. The molecule has 1 fully saturated rings. The number of hydrogen-bond acceptors (Lipinski definition) is 0. The largest absolute Gasteiger partial charge is 0.0654 e. The smallest absolute Gasteiger partial charge is 0.0246 e. The molecule has 2 unspecified atom stereocenters. The molecule has 0 amide bonds. The van der Waals surface area contributed by atoms with Gasteiger partial charge in [-0.1, -0.05) is 66.7 Å². The van der Waals surface area contributed by atoms with Crippen LogP contribution in [0.25, 0.3) is 0 Å². The third-order valence-corrected chi connectivity index (χ3v) is 5.76. The molecule has 1 aliphatic rings. The van der Waals surface area contributed by atoms with Crippen LogP contribution in [0.2, 0.25) is 0 Å². The van der Waals surface area contributed by atoms with E-state index < -0.39 is 0 Å². The van der Waals surface area contributed by atoms with Crippen LogP contribution in [0.3, 0.4) is 0 Å². The molecule has 0 aromatic heterocycles. The predicted octanol–water partition coefficient (Wildman–Crippen LogP) is 6.20. The first-order valence-electron chi connectivity index (χ1n) is 7.98. The van der Waals surface area contributed by atoms with Gasteiger partial charge in [0, 0.05) is 0 Å². The molecule has 17 heavy (non-hydrogen) atoms. The van der Waals surface area contributed by atoms with Crippen LogP contribution in [0.15, 0.2) is 0 Å². The minimum atomic E-state index is 0.554. The van der Waals surface area contributed by atoms with E-state index in [-0.39, 0.29) is 0 Å². The van der Waals surface area contributed by atoms with Crippen molar-refractivity contribution in [2.24, 2.45) is 16.7 Å². The Morgan fingerprint density at radius 3 is 2.24 bits per heavy atom. The molecule has 0 heterocycles.